The van der Waals surface area contributed by atoms with Crippen LogP contribution in [0.15, 0.2) is 30.3 Å². The standard InChI is InChI=1S/C16H24N2O2/c1-11(15(17)14-7-5-4-6-8-14)16(19)18-9-10-20-13(3)12(18)2/h4-8,11-13,15H,9-10,17H2,1-3H3. The predicted molar refractivity (Wildman–Crippen MR) is 79.1 cm³/mol. The van der Waals surface area contributed by atoms with E-state index in [1.54, 1.807) is 0 Å². The van der Waals surface area contributed by atoms with Crippen molar-refractivity contribution in [3.05, 3.63) is 35.9 Å². The van der Waals surface area contributed by atoms with Crippen LogP contribution in [0.5, 0.6) is 0 Å². The summed E-state index contributed by atoms with van der Waals surface area (Å²) in [6.07, 6.45) is 0.0767. The second-order valence-corrected chi connectivity index (χ2v) is 5.57. The van der Waals surface area contributed by atoms with E-state index >= 15 is 0 Å². The number of nitrogens with two attached hydrogens (primary N) is 1. The molecule has 4 atom stereocenters. The maximum atomic E-state index is 12.7. The minimum Gasteiger partial charge on any atom is -0.375 e. The van der Waals surface area contributed by atoms with Crippen LogP contribution in [-0.2, 0) is 9.53 Å². The van der Waals surface area contributed by atoms with Crippen LogP contribution in [0.4, 0.5) is 0 Å². The van der Waals surface area contributed by atoms with Gasteiger partial charge in [-0.3, -0.25) is 4.79 Å². The molecule has 2 N–H and O–H groups in total. The summed E-state index contributed by atoms with van der Waals surface area (Å²) in [4.78, 5) is 14.6. The first kappa shape index (κ1) is 15.0. The third-order valence-electron chi connectivity index (χ3n) is 4.28. The van der Waals surface area contributed by atoms with Crippen molar-refractivity contribution < 1.29 is 9.53 Å². The molecule has 20 heavy (non-hydrogen) atoms. The Hall–Kier alpha value is -1.39. The van der Waals surface area contributed by atoms with Gasteiger partial charge in [0.2, 0.25) is 5.91 Å². The number of benzene rings is 1. The molecular weight excluding hydrogens is 252 g/mol. The highest BCUT2D eigenvalue weighted by atomic mass is 16.5. The average Bonchev–Trinajstić information content (AvgIpc) is 2.48. The topological polar surface area (TPSA) is 55.6 Å². The van der Waals surface area contributed by atoms with E-state index in [9.17, 15) is 4.79 Å². The van der Waals surface area contributed by atoms with Crippen LogP contribution >= 0.6 is 0 Å². The van der Waals surface area contributed by atoms with Gasteiger partial charge in [0.1, 0.15) is 0 Å². The molecule has 0 saturated carbocycles. The van der Waals surface area contributed by atoms with Crippen LogP contribution in [0.25, 0.3) is 0 Å². The molecular formula is C16H24N2O2. The largest absolute Gasteiger partial charge is 0.375 e. The molecule has 2 rings (SSSR count). The highest BCUT2D eigenvalue weighted by molar-refractivity contribution is 5.80. The fraction of sp³-hybridized carbons (Fsp3) is 0.562. The second-order valence-electron chi connectivity index (χ2n) is 5.57. The molecule has 0 bridgehead atoms. The highest BCUT2D eigenvalue weighted by Gasteiger charge is 2.33. The molecule has 4 heteroatoms. The van der Waals surface area contributed by atoms with E-state index in [0.717, 1.165) is 5.56 Å². The van der Waals surface area contributed by atoms with Gasteiger partial charge in [0.25, 0.3) is 0 Å². The van der Waals surface area contributed by atoms with E-state index in [0.29, 0.717) is 13.2 Å². The van der Waals surface area contributed by atoms with Crippen LogP contribution in [-0.4, -0.2) is 36.1 Å². The molecule has 1 aliphatic heterocycles. The zero-order valence-corrected chi connectivity index (χ0v) is 12.5. The fourth-order valence-electron chi connectivity index (χ4n) is 2.62. The van der Waals surface area contributed by atoms with Crippen molar-refractivity contribution >= 4 is 5.91 Å². The number of ether oxygens (including phenoxy) is 1. The fourth-order valence-corrected chi connectivity index (χ4v) is 2.62. The van der Waals surface area contributed by atoms with Gasteiger partial charge in [-0.1, -0.05) is 37.3 Å². The smallest absolute Gasteiger partial charge is 0.227 e. The van der Waals surface area contributed by atoms with Crippen LogP contribution in [0, 0.1) is 5.92 Å². The van der Waals surface area contributed by atoms with E-state index in [2.05, 4.69) is 0 Å². The minimum absolute atomic E-state index is 0.0767. The first-order chi connectivity index (χ1) is 9.52. The lowest BCUT2D eigenvalue weighted by Gasteiger charge is -2.40. The van der Waals surface area contributed by atoms with Crippen LogP contribution < -0.4 is 5.73 Å². The number of carbonyl (C=O) groups is 1. The predicted octanol–water partition coefficient (Wildman–Crippen LogP) is 1.96. The molecule has 1 fully saturated rings. The van der Waals surface area contributed by atoms with Crippen molar-refractivity contribution in [3.8, 4) is 0 Å². The molecule has 1 heterocycles. The molecule has 1 saturated heterocycles. The van der Waals surface area contributed by atoms with Crippen molar-refractivity contribution in [1.82, 2.24) is 4.90 Å². The number of rotatable bonds is 3. The van der Waals surface area contributed by atoms with Gasteiger partial charge < -0.3 is 15.4 Å². The van der Waals surface area contributed by atoms with E-state index in [-0.39, 0.29) is 30.0 Å². The highest BCUT2D eigenvalue weighted by Crippen LogP contribution is 2.24. The normalized spacial score (nSPS) is 26.1. The van der Waals surface area contributed by atoms with Gasteiger partial charge in [0.15, 0.2) is 0 Å². The van der Waals surface area contributed by atoms with Gasteiger partial charge in [0, 0.05) is 12.6 Å². The Balaban J connectivity index is 2.08. The van der Waals surface area contributed by atoms with Crippen molar-refractivity contribution in [1.29, 1.82) is 0 Å². The number of amides is 1. The van der Waals surface area contributed by atoms with Gasteiger partial charge in [-0.2, -0.15) is 0 Å². The Labute approximate surface area is 120 Å². The Morgan fingerprint density at radius 1 is 1.35 bits per heavy atom. The Morgan fingerprint density at radius 3 is 2.65 bits per heavy atom. The number of hydrogen-bond donors (Lipinski definition) is 1. The van der Waals surface area contributed by atoms with E-state index in [1.165, 1.54) is 0 Å². The van der Waals surface area contributed by atoms with Gasteiger partial charge in [-0.25, -0.2) is 0 Å². The van der Waals surface area contributed by atoms with E-state index < -0.39 is 0 Å². The maximum Gasteiger partial charge on any atom is 0.227 e. The molecule has 0 radical (unpaired) electrons. The lowest BCUT2D eigenvalue weighted by atomic mass is 9.93. The quantitative estimate of drug-likeness (QED) is 0.918. The van der Waals surface area contributed by atoms with Crippen molar-refractivity contribution in [3.63, 3.8) is 0 Å². The Morgan fingerprint density at radius 2 is 2.00 bits per heavy atom. The molecule has 1 aromatic rings. The van der Waals surface area contributed by atoms with E-state index in [4.69, 9.17) is 10.5 Å². The lowest BCUT2D eigenvalue weighted by molar-refractivity contribution is -0.148. The molecule has 4 unspecified atom stereocenters. The molecule has 1 aliphatic rings. The third kappa shape index (κ3) is 3.02. The Kier molecular flexibility index (Phi) is 4.78. The summed E-state index contributed by atoms with van der Waals surface area (Å²) in [6.45, 7) is 7.20. The number of hydrogen-bond acceptors (Lipinski definition) is 3. The minimum atomic E-state index is -0.269. The van der Waals surface area contributed by atoms with Crippen LogP contribution in [0.2, 0.25) is 0 Å². The monoisotopic (exact) mass is 276 g/mol. The lowest BCUT2D eigenvalue weighted by Crippen LogP contribution is -2.53. The molecule has 0 aromatic heterocycles. The summed E-state index contributed by atoms with van der Waals surface area (Å²) in [6, 6.07) is 9.63. The SMILES string of the molecule is CC1OCCN(C(=O)C(C)C(N)c2ccccc2)C1C. The van der Waals surface area contributed by atoms with Crippen molar-refractivity contribution in [2.45, 2.75) is 39.0 Å². The zero-order chi connectivity index (χ0) is 14.7. The summed E-state index contributed by atoms with van der Waals surface area (Å²) in [5, 5.41) is 0. The maximum absolute atomic E-state index is 12.7. The molecule has 1 aromatic carbocycles. The van der Waals surface area contributed by atoms with Crippen molar-refractivity contribution in [2.24, 2.45) is 11.7 Å². The number of nitrogens with zero attached hydrogens (tertiary/aromatic N) is 1. The van der Waals surface area contributed by atoms with Crippen LogP contribution in [0.1, 0.15) is 32.4 Å². The molecule has 0 aliphatic carbocycles. The first-order valence-corrected chi connectivity index (χ1v) is 7.25. The summed E-state index contributed by atoms with van der Waals surface area (Å²) in [5.74, 6) is -0.117. The van der Waals surface area contributed by atoms with Gasteiger partial charge in [-0.05, 0) is 19.4 Å². The summed E-state index contributed by atoms with van der Waals surface area (Å²) >= 11 is 0. The zero-order valence-electron chi connectivity index (χ0n) is 12.5. The summed E-state index contributed by atoms with van der Waals surface area (Å²) < 4.78 is 5.57. The van der Waals surface area contributed by atoms with Crippen LogP contribution in [0.3, 0.4) is 0 Å². The first-order valence-electron chi connectivity index (χ1n) is 7.25. The number of morpholine rings is 1. The average molecular weight is 276 g/mol. The van der Waals surface area contributed by atoms with Gasteiger partial charge >= 0.3 is 0 Å². The molecule has 0 spiro atoms. The molecule has 110 valence electrons. The second kappa shape index (κ2) is 6.37. The van der Waals surface area contributed by atoms with Crippen molar-refractivity contribution in [2.75, 3.05) is 13.2 Å². The molecule has 1 amide bonds. The third-order valence-corrected chi connectivity index (χ3v) is 4.28. The Bertz CT molecular complexity index is 449. The summed E-state index contributed by atoms with van der Waals surface area (Å²) in [7, 11) is 0. The number of carbonyl (C=O) groups excluding carboxylic acids is 1. The molecule has 4 nitrogen and oxygen atoms in total. The van der Waals surface area contributed by atoms with E-state index in [1.807, 2.05) is 56.0 Å². The van der Waals surface area contributed by atoms with Gasteiger partial charge in [-0.15, -0.1) is 0 Å². The van der Waals surface area contributed by atoms with Gasteiger partial charge in [0.05, 0.1) is 24.7 Å². The summed E-state index contributed by atoms with van der Waals surface area (Å²) in [5.41, 5.74) is 7.25.